The van der Waals surface area contributed by atoms with Gasteiger partial charge in [0.05, 0.1) is 10.2 Å². The maximum absolute atomic E-state index is 9.46. The first-order valence-corrected chi connectivity index (χ1v) is 3.86. The molecular formula is C7H10BrNO. The van der Waals surface area contributed by atoms with Gasteiger partial charge in [-0.3, -0.25) is 0 Å². The molecule has 1 heterocycles. The molecule has 2 nitrogen and oxygen atoms in total. The Morgan fingerprint density at radius 1 is 1.60 bits per heavy atom. The Morgan fingerprint density at radius 2 is 2.20 bits per heavy atom. The second kappa shape index (κ2) is 2.40. The summed E-state index contributed by atoms with van der Waals surface area (Å²) in [4.78, 5) is 2.93. The van der Waals surface area contributed by atoms with Crippen LogP contribution in [0.2, 0.25) is 0 Å². The third kappa shape index (κ3) is 1.61. The van der Waals surface area contributed by atoms with E-state index in [4.69, 9.17) is 0 Å². The fraction of sp³-hybridized carbons (Fsp3) is 0.429. The molecular weight excluding hydrogens is 194 g/mol. The van der Waals surface area contributed by atoms with Crippen molar-refractivity contribution in [3.05, 3.63) is 22.4 Å². The molecule has 0 aliphatic heterocycles. The SMILES string of the molecule is CC(C)(O)c1c[nH]c(Br)c1. The van der Waals surface area contributed by atoms with Crippen molar-refractivity contribution < 1.29 is 5.11 Å². The zero-order chi connectivity index (χ0) is 7.78. The number of H-pyrrole nitrogens is 1. The Bertz CT molecular complexity index is 224. The van der Waals surface area contributed by atoms with Crippen LogP contribution >= 0.6 is 15.9 Å². The summed E-state index contributed by atoms with van der Waals surface area (Å²) in [7, 11) is 0. The quantitative estimate of drug-likeness (QED) is 0.721. The highest BCUT2D eigenvalue weighted by molar-refractivity contribution is 9.10. The van der Waals surface area contributed by atoms with Crippen LogP contribution in [-0.4, -0.2) is 10.1 Å². The lowest BCUT2D eigenvalue weighted by atomic mass is 10.0. The van der Waals surface area contributed by atoms with Crippen molar-refractivity contribution in [2.75, 3.05) is 0 Å². The molecule has 1 rings (SSSR count). The minimum Gasteiger partial charge on any atom is -0.386 e. The zero-order valence-electron chi connectivity index (χ0n) is 5.98. The lowest BCUT2D eigenvalue weighted by Gasteiger charge is -2.14. The average Bonchev–Trinajstić information content (AvgIpc) is 2.11. The highest BCUT2D eigenvalue weighted by Crippen LogP contribution is 2.21. The number of hydrogen-bond acceptors (Lipinski definition) is 1. The van der Waals surface area contributed by atoms with Gasteiger partial charge in [-0.25, -0.2) is 0 Å². The second-order valence-electron chi connectivity index (χ2n) is 2.80. The predicted octanol–water partition coefficient (Wildman–Crippen LogP) is 2.00. The van der Waals surface area contributed by atoms with Gasteiger partial charge in [-0.1, -0.05) is 0 Å². The van der Waals surface area contributed by atoms with Crippen molar-refractivity contribution in [2.45, 2.75) is 19.4 Å². The van der Waals surface area contributed by atoms with Crippen molar-refractivity contribution in [2.24, 2.45) is 0 Å². The average molecular weight is 204 g/mol. The molecule has 0 aromatic carbocycles. The number of hydrogen-bond donors (Lipinski definition) is 2. The molecule has 2 N–H and O–H groups in total. The molecule has 56 valence electrons. The molecule has 1 aromatic heterocycles. The lowest BCUT2D eigenvalue weighted by Crippen LogP contribution is -2.13. The van der Waals surface area contributed by atoms with Gasteiger partial charge in [0.1, 0.15) is 0 Å². The van der Waals surface area contributed by atoms with Gasteiger partial charge in [0.2, 0.25) is 0 Å². The number of aromatic amines is 1. The van der Waals surface area contributed by atoms with Crippen LogP contribution in [0.3, 0.4) is 0 Å². The monoisotopic (exact) mass is 203 g/mol. The normalized spacial score (nSPS) is 12.0. The van der Waals surface area contributed by atoms with E-state index in [1.54, 1.807) is 20.0 Å². The van der Waals surface area contributed by atoms with Crippen LogP contribution in [0.4, 0.5) is 0 Å². The Kier molecular flexibility index (Phi) is 1.88. The molecule has 10 heavy (non-hydrogen) atoms. The number of aliphatic hydroxyl groups is 1. The van der Waals surface area contributed by atoms with E-state index >= 15 is 0 Å². The van der Waals surface area contributed by atoms with Gasteiger partial charge in [0.15, 0.2) is 0 Å². The van der Waals surface area contributed by atoms with Crippen LogP contribution < -0.4 is 0 Å². The molecule has 1 aromatic rings. The summed E-state index contributed by atoms with van der Waals surface area (Å²) in [5.41, 5.74) is 0.141. The van der Waals surface area contributed by atoms with Gasteiger partial charge in [-0.15, -0.1) is 0 Å². The first-order chi connectivity index (χ1) is 4.50. The predicted molar refractivity (Wildman–Crippen MR) is 43.7 cm³/mol. The number of rotatable bonds is 1. The molecule has 0 bridgehead atoms. The third-order valence-electron chi connectivity index (χ3n) is 1.35. The Balaban J connectivity index is 2.96. The number of aromatic nitrogens is 1. The second-order valence-corrected chi connectivity index (χ2v) is 3.65. The Morgan fingerprint density at radius 3 is 2.40 bits per heavy atom. The van der Waals surface area contributed by atoms with Crippen molar-refractivity contribution in [3.8, 4) is 0 Å². The lowest BCUT2D eigenvalue weighted by molar-refractivity contribution is 0.0787. The molecule has 0 radical (unpaired) electrons. The summed E-state index contributed by atoms with van der Waals surface area (Å²) >= 11 is 3.26. The van der Waals surface area contributed by atoms with Crippen molar-refractivity contribution >= 4 is 15.9 Å². The minimum atomic E-state index is -0.748. The third-order valence-corrected chi connectivity index (χ3v) is 1.81. The molecule has 0 spiro atoms. The first-order valence-electron chi connectivity index (χ1n) is 3.07. The van der Waals surface area contributed by atoms with Crippen LogP contribution in [-0.2, 0) is 5.60 Å². The Labute approximate surface area is 68.4 Å². The van der Waals surface area contributed by atoms with Gasteiger partial charge in [0.25, 0.3) is 0 Å². The van der Waals surface area contributed by atoms with E-state index in [-0.39, 0.29) is 0 Å². The molecule has 0 atom stereocenters. The van der Waals surface area contributed by atoms with Crippen molar-refractivity contribution in [1.29, 1.82) is 0 Å². The van der Waals surface area contributed by atoms with Gasteiger partial charge < -0.3 is 10.1 Å². The van der Waals surface area contributed by atoms with Gasteiger partial charge in [-0.05, 0) is 35.8 Å². The summed E-state index contributed by atoms with van der Waals surface area (Å²) in [6.07, 6.45) is 1.78. The van der Waals surface area contributed by atoms with E-state index in [1.165, 1.54) is 0 Å². The highest BCUT2D eigenvalue weighted by Gasteiger charge is 2.16. The van der Waals surface area contributed by atoms with Crippen LogP contribution in [0, 0.1) is 0 Å². The highest BCUT2D eigenvalue weighted by atomic mass is 79.9. The molecule has 0 amide bonds. The van der Waals surface area contributed by atoms with Crippen LogP contribution in [0.5, 0.6) is 0 Å². The van der Waals surface area contributed by atoms with Crippen molar-refractivity contribution in [3.63, 3.8) is 0 Å². The summed E-state index contributed by atoms with van der Waals surface area (Å²) < 4.78 is 0.893. The first kappa shape index (κ1) is 7.82. The van der Waals surface area contributed by atoms with E-state index in [1.807, 2.05) is 6.07 Å². The standard InChI is InChI=1S/C7H10BrNO/c1-7(2,10)5-3-6(8)9-4-5/h3-4,9-10H,1-2H3. The smallest absolute Gasteiger partial charge is 0.0855 e. The fourth-order valence-electron chi connectivity index (χ4n) is 0.720. The van der Waals surface area contributed by atoms with Gasteiger partial charge in [0, 0.05) is 11.8 Å². The topological polar surface area (TPSA) is 36.0 Å². The van der Waals surface area contributed by atoms with Crippen molar-refractivity contribution in [1.82, 2.24) is 4.98 Å². The van der Waals surface area contributed by atoms with E-state index in [0.29, 0.717) is 0 Å². The van der Waals surface area contributed by atoms with Gasteiger partial charge >= 0.3 is 0 Å². The summed E-state index contributed by atoms with van der Waals surface area (Å²) in [6.45, 7) is 3.51. The zero-order valence-corrected chi connectivity index (χ0v) is 7.57. The minimum absolute atomic E-state index is 0.748. The maximum Gasteiger partial charge on any atom is 0.0855 e. The largest absolute Gasteiger partial charge is 0.386 e. The van der Waals surface area contributed by atoms with Crippen LogP contribution in [0.1, 0.15) is 19.4 Å². The van der Waals surface area contributed by atoms with Crippen LogP contribution in [0.25, 0.3) is 0 Å². The molecule has 3 heteroatoms. The summed E-state index contributed by atoms with van der Waals surface area (Å²) in [6, 6.07) is 1.86. The van der Waals surface area contributed by atoms with E-state index in [0.717, 1.165) is 10.2 Å². The number of halogens is 1. The van der Waals surface area contributed by atoms with Gasteiger partial charge in [-0.2, -0.15) is 0 Å². The fourth-order valence-corrected chi connectivity index (χ4v) is 1.08. The molecule has 0 saturated carbocycles. The Hall–Kier alpha value is -0.280. The molecule has 0 aliphatic rings. The molecule has 0 unspecified atom stereocenters. The van der Waals surface area contributed by atoms with E-state index in [2.05, 4.69) is 20.9 Å². The van der Waals surface area contributed by atoms with E-state index < -0.39 is 5.60 Å². The summed E-state index contributed by atoms with van der Waals surface area (Å²) in [5.74, 6) is 0. The molecule has 0 saturated heterocycles. The maximum atomic E-state index is 9.46. The number of nitrogens with one attached hydrogen (secondary N) is 1. The van der Waals surface area contributed by atoms with Crippen LogP contribution in [0.15, 0.2) is 16.9 Å². The molecule has 0 aliphatic carbocycles. The summed E-state index contributed by atoms with van der Waals surface area (Å²) in [5, 5.41) is 9.46. The molecule has 0 fully saturated rings. The van der Waals surface area contributed by atoms with E-state index in [9.17, 15) is 5.11 Å².